The molecular formula is C33H40O10. The van der Waals surface area contributed by atoms with Gasteiger partial charge in [0.15, 0.2) is 0 Å². The molecule has 10 heteroatoms. The topological polar surface area (TPSA) is 124 Å². The predicted molar refractivity (Wildman–Crippen MR) is 159 cm³/mol. The second kappa shape index (κ2) is 19.5. The molecule has 0 aliphatic carbocycles. The molecule has 10 nitrogen and oxygen atoms in total. The molecule has 0 N–H and O–H groups in total. The van der Waals surface area contributed by atoms with Crippen molar-refractivity contribution in [3.05, 3.63) is 78.4 Å². The summed E-state index contributed by atoms with van der Waals surface area (Å²) in [5.41, 5.74) is 0.766. The van der Waals surface area contributed by atoms with Gasteiger partial charge in [-0.1, -0.05) is 20.1 Å². The van der Waals surface area contributed by atoms with E-state index < -0.39 is 23.9 Å². The first kappa shape index (κ1) is 34.6. The van der Waals surface area contributed by atoms with Crippen LogP contribution in [0, 0.1) is 0 Å². The lowest BCUT2D eigenvalue weighted by molar-refractivity contribution is -0.146. The predicted octanol–water partition coefficient (Wildman–Crippen LogP) is 5.79. The van der Waals surface area contributed by atoms with Gasteiger partial charge in [-0.15, -0.1) is 0 Å². The van der Waals surface area contributed by atoms with Crippen LogP contribution in [0.4, 0.5) is 0 Å². The van der Waals surface area contributed by atoms with Crippen LogP contribution in [0.5, 0.6) is 17.2 Å². The van der Waals surface area contributed by atoms with Gasteiger partial charge in [0.25, 0.3) is 0 Å². The lowest BCUT2D eigenvalue weighted by Gasteiger charge is -2.09. The molecule has 0 radical (unpaired) electrons. The molecule has 0 heterocycles. The van der Waals surface area contributed by atoms with Crippen LogP contribution in [-0.2, 0) is 28.6 Å². The van der Waals surface area contributed by atoms with Crippen molar-refractivity contribution in [2.75, 3.05) is 33.0 Å². The Kier molecular flexibility index (Phi) is 15.7. The minimum Gasteiger partial charge on any atom is -0.494 e. The fraction of sp³-hybridized carbons (Fsp3) is 0.394. The van der Waals surface area contributed by atoms with E-state index in [1.807, 2.05) is 6.92 Å². The molecule has 0 saturated carbocycles. The van der Waals surface area contributed by atoms with E-state index in [-0.39, 0.29) is 31.8 Å². The highest BCUT2D eigenvalue weighted by atomic mass is 16.6. The van der Waals surface area contributed by atoms with E-state index in [1.54, 1.807) is 55.5 Å². The second-order valence-electron chi connectivity index (χ2n) is 9.55. The average molecular weight is 597 g/mol. The fourth-order valence-electron chi connectivity index (χ4n) is 3.40. The highest BCUT2D eigenvalue weighted by Gasteiger charge is 2.14. The Balaban J connectivity index is 1.58. The van der Waals surface area contributed by atoms with Crippen molar-refractivity contribution in [2.24, 2.45) is 0 Å². The fourth-order valence-corrected chi connectivity index (χ4v) is 3.40. The van der Waals surface area contributed by atoms with Gasteiger partial charge in [0.2, 0.25) is 0 Å². The summed E-state index contributed by atoms with van der Waals surface area (Å²) < 4.78 is 31.7. The van der Waals surface area contributed by atoms with Gasteiger partial charge in [-0.05, 0) is 87.6 Å². The molecule has 0 atom stereocenters. The van der Waals surface area contributed by atoms with Crippen molar-refractivity contribution >= 4 is 23.9 Å². The molecule has 2 aromatic rings. The maximum Gasteiger partial charge on any atom is 0.343 e. The Hall–Kier alpha value is -4.60. The number of unbranched alkanes of at least 4 members (excludes halogenated alkanes) is 3. The highest BCUT2D eigenvalue weighted by molar-refractivity contribution is 5.93. The van der Waals surface area contributed by atoms with Crippen molar-refractivity contribution in [1.82, 2.24) is 0 Å². The van der Waals surface area contributed by atoms with Crippen LogP contribution in [-0.4, -0.2) is 56.9 Å². The Morgan fingerprint density at radius 2 is 1.19 bits per heavy atom. The van der Waals surface area contributed by atoms with Crippen molar-refractivity contribution in [1.29, 1.82) is 0 Å². The summed E-state index contributed by atoms with van der Waals surface area (Å²) in [5.74, 6) is -0.484. The number of carbonyl (C=O) groups is 4. The van der Waals surface area contributed by atoms with E-state index in [0.29, 0.717) is 54.4 Å². The molecule has 0 bridgehead atoms. The molecule has 0 aromatic heterocycles. The van der Waals surface area contributed by atoms with Crippen molar-refractivity contribution < 1.29 is 47.6 Å². The third-order valence-corrected chi connectivity index (χ3v) is 5.71. The number of hydrogen-bond donors (Lipinski definition) is 0. The van der Waals surface area contributed by atoms with Crippen molar-refractivity contribution in [2.45, 2.75) is 52.4 Å². The smallest absolute Gasteiger partial charge is 0.343 e. The Bertz CT molecular complexity index is 1220. The van der Waals surface area contributed by atoms with Crippen LogP contribution in [0.25, 0.3) is 0 Å². The molecule has 0 unspecified atom stereocenters. The first-order chi connectivity index (χ1) is 20.7. The van der Waals surface area contributed by atoms with Gasteiger partial charge in [0.1, 0.15) is 30.5 Å². The summed E-state index contributed by atoms with van der Waals surface area (Å²) >= 11 is 0. The van der Waals surface area contributed by atoms with E-state index >= 15 is 0 Å². The van der Waals surface area contributed by atoms with Crippen LogP contribution >= 0.6 is 0 Å². The monoisotopic (exact) mass is 596 g/mol. The largest absolute Gasteiger partial charge is 0.494 e. The van der Waals surface area contributed by atoms with Gasteiger partial charge in [-0.2, -0.15) is 0 Å². The van der Waals surface area contributed by atoms with E-state index in [9.17, 15) is 19.2 Å². The van der Waals surface area contributed by atoms with Crippen molar-refractivity contribution in [3.8, 4) is 17.2 Å². The number of rotatable bonds is 20. The molecule has 0 aliphatic heterocycles. The number of hydrogen-bond acceptors (Lipinski definition) is 10. The first-order valence-electron chi connectivity index (χ1n) is 14.2. The summed E-state index contributed by atoms with van der Waals surface area (Å²) in [7, 11) is 0. The molecule has 2 rings (SSSR count). The van der Waals surface area contributed by atoms with Gasteiger partial charge < -0.3 is 28.4 Å². The third kappa shape index (κ3) is 14.2. The molecule has 0 amide bonds. The highest BCUT2D eigenvalue weighted by Crippen LogP contribution is 2.20. The van der Waals surface area contributed by atoms with E-state index in [4.69, 9.17) is 28.4 Å². The number of esters is 4. The number of benzene rings is 2. The molecule has 43 heavy (non-hydrogen) atoms. The maximum absolute atomic E-state index is 12.5. The molecule has 232 valence electrons. The van der Waals surface area contributed by atoms with Gasteiger partial charge in [0, 0.05) is 11.1 Å². The van der Waals surface area contributed by atoms with Gasteiger partial charge in [-0.3, -0.25) is 4.79 Å². The minimum atomic E-state index is -0.578. The van der Waals surface area contributed by atoms with E-state index in [0.717, 1.165) is 19.3 Å². The van der Waals surface area contributed by atoms with Crippen LogP contribution in [0.1, 0.15) is 62.7 Å². The summed E-state index contributed by atoms with van der Waals surface area (Å²) in [6.07, 6.45) is 3.82. The Morgan fingerprint density at radius 1 is 0.628 bits per heavy atom. The first-order valence-corrected chi connectivity index (χ1v) is 14.2. The van der Waals surface area contributed by atoms with Crippen LogP contribution in [0.15, 0.2) is 72.8 Å². The lowest BCUT2D eigenvalue weighted by atomic mass is 10.2. The van der Waals surface area contributed by atoms with Crippen LogP contribution in [0.2, 0.25) is 0 Å². The average Bonchev–Trinajstić information content (AvgIpc) is 3.00. The van der Waals surface area contributed by atoms with E-state index in [1.165, 1.54) is 0 Å². The maximum atomic E-state index is 12.5. The van der Waals surface area contributed by atoms with Gasteiger partial charge in [-0.25, -0.2) is 14.4 Å². The molecular weight excluding hydrogens is 556 g/mol. The Labute approximate surface area is 252 Å². The van der Waals surface area contributed by atoms with Gasteiger partial charge >= 0.3 is 23.9 Å². The van der Waals surface area contributed by atoms with E-state index in [2.05, 4.69) is 13.2 Å². The number of carbonyl (C=O) groups excluding carboxylic acids is 4. The Morgan fingerprint density at radius 3 is 1.81 bits per heavy atom. The van der Waals surface area contributed by atoms with Crippen LogP contribution < -0.4 is 14.2 Å². The van der Waals surface area contributed by atoms with Crippen LogP contribution in [0.3, 0.4) is 0 Å². The molecule has 0 fully saturated rings. The summed E-state index contributed by atoms with van der Waals surface area (Å²) in [4.78, 5) is 47.2. The summed E-state index contributed by atoms with van der Waals surface area (Å²) in [6, 6.07) is 13.2. The number of ether oxygens (including phenoxy) is 6. The zero-order valence-corrected chi connectivity index (χ0v) is 24.9. The SMILES string of the molecule is C=C(C)C(=O)OCCOc1ccc(C(=O)Oc2ccc(OCCCCCCOC(=O)C(=C)CC(=O)OCCC)cc2)cc1. The summed E-state index contributed by atoms with van der Waals surface area (Å²) in [6.45, 7) is 11.9. The standard InChI is InChI=1S/C33H40O10/c1-5-18-40-30(34)23-25(4)32(36)41-20-9-7-6-8-19-38-28-14-16-29(17-15-28)43-33(37)26-10-12-27(13-11-26)39-21-22-42-31(35)24(2)3/h10-17H,2,4-9,18-23H2,1,3H3. The van der Waals surface area contributed by atoms with Crippen molar-refractivity contribution in [3.63, 3.8) is 0 Å². The molecule has 0 aliphatic rings. The molecule has 0 spiro atoms. The zero-order chi connectivity index (χ0) is 31.5. The normalized spacial score (nSPS) is 10.3. The quantitative estimate of drug-likeness (QED) is 0.0610. The summed E-state index contributed by atoms with van der Waals surface area (Å²) in [5, 5.41) is 0. The molecule has 0 saturated heterocycles. The molecule has 2 aromatic carbocycles. The second-order valence-corrected chi connectivity index (χ2v) is 9.55. The zero-order valence-electron chi connectivity index (χ0n) is 24.9. The van der Waals surface area contributed by atoms with Gasteiger partial charge in [0.05, 0.1) is 31.8 Å². The minimum absolute atomic E-state index is 0.0901. The lowest BCUT2D eigenvalue weighted by Crippen LogP contribution is -2.13. The third-order valence-electron chi connectivity index (χ3n) is 5.71.